The van der Waals surface area contributed by atoms with Crippen LogP contribution in [0.25, 0.3) is 0 Å². The van der Waals surface area contributed by atoms with Gasteiger partial charge in [-0.05, 0) is 12.8 Å². The normalized spacial score (nSPS) is 37.8. The summed E-state index contributed by atoms with van der Waals surface area (Å²) in [5.74, 6) is 0. The molecule has 0 fully saturated rings. The Labute approximate surface area is 48.5 Å². The van der Waals surface area contributed by atoms with Crippen LogP contribution in [0.4, 0.5) is 0 Å². The monoisotopic (exact) mass is 114 g/mol. The van der Waals surface area contributed by atoms with Gasteiger partial charge in [-0.25, -0.2) is 0 Å². The van der Waals surface area contributed by atoms with Gasteiger partial charge in [0.1, 0.15) is 0 Å². The first-order valence-electron chi connectivity index (χ1n) is 2.83. The molecule has 0 spiro atoms. The molecule has 0 aromatic carbocycles. The summed E-state index contributed by atoms with van der Waals surface area (Å²) >= 11 is 0. The van der Waals surface area contributed by atoms with Gasteiger partial charge in [-0.2, -0.15) is 0 Å². The van der Waals surface area contributed by atoms with E-state index in [4.69, 9.17) is 10.2 Å². The van der Waals surface area contributed by atoms with Gasteiger partial charge in [0.2, 0.25) is 0 Å². The molecule has 2 N–H and O–H groups in total. The van der Waals surface area contributed by atoms with Gasteiger partial charge >= 0.3 is 0 Å². The summed E-state index contributed by atoms with van der Waals surface area (Å²) in [6.07, 6.45) is 3.95. The molecule has 0 heterocycles. The SMILES string of the molecule is OC1CCC=C[C@H]1O. The number of allylic oxidation sites excluding steroid dienone is 1. The topological polar surface area (TPSA) is 40.5 Å². The predicted molar refractivity (Wildman–Crippen MR) is 30.4 cm³/mol. The lowest BCUT2D eigenvalue weighted by atomic mass is 10.0. The molecule has 0 amide bonds. The third kappa shape index (κ3) is 1.08. The Morgan fingerprint density at radius 2 is 2.12 bits per heavy atom. The summed E-state index contributed by atoms with van der Waals surface area (Å²) in [7, 11) is 0. The van der Waals surface area contributed by atoms with Crippen molar-refractivity contribution in [3.63, 3.8) is 0 Å². The molecule has 1 unspecified atom stereocenters. The highest BCUT2D eigenvalue weighted by Crippen LogP contribution is 2.10. The summed E-state index contributed by atoms with van der Waals surface area (Å²) in [4.78, 5) is 0. The first kappa shape index (κ1) is 5.79. The fourth-order valence-corrected chi connectivity index (χ4v) is 0.802. The van der Waals surface area contributed by atoms with Crippen LogP contribution in [0.1, 0.15) is 12.8 Å². The van der Waals surface area contributed by atoms with E-state index >= 15 is 0 Å². The quantitative estimate of drug-likeness (QED) is 0.437. The van der Waals surface area contributed by atoms with E-state index in [-0.39, 0.29) is 0 Å². The molecule has 0 aromatic rings. The molecular formula is C6H10O2. The predicted octanol–water partition coefficient (Wildman–Crippen LogP) is 0.0582. The smallest absolute Gasteiger partial charge is 0.0980 e. The summed E-state index contributed by atoms with van der Waals surface area (Å²) in [6, 6.07) is 0. The second-order valence-electron chi connectivity index (χ2n) is 2.06. The minimum absolute atomic E-state index is 0.528. The van der Waals surface area contributed by atoms with Crippen molar-refractivity contribution < 1.29 is 10.2 Å². The molecule has 46 valence electrons. The highest BCUT2D eigenvalue weighted by Gasteiger charge is 2.14. The van der Waals surface area contributed by atoms with Crippen LogP contribution in [0.15, 0.2) is 12.2 Å². The Bertz CT molecular complexity index is 98.7. The van der Waals surface area contributed by atoms with Gasteiger partial charge in [0, 0.05) is 0 Å². The number of hydrogen-bond acceptors (Lipinski definition) is 2. The van der Waals surface area contributed by atoms with Crippen molar-refractivity contribution in [3.8, 4) is 0 Å². The zero-order chi connectivity index (χ0) is 5.98. The van der Waals surface area contributed by atoms with Gasteiger partial charge in [0.15, 0.2) is 0 Å². The zero-order valence-electron chi connectivity index (χ0n) is 4.62. The third-order valence-electron chi connectivity index (χ3n) is 1.36. The largest absolute Gasteiger partial charge is 0.390 e. The second-order valence-corrected chi connectivity index (χ2v) is 2.06. The van der Waals surface area contributed by atoms with Crippen molar-refractivity contribution in [3.05, 3.63) is 12.2 Å². The first-order valence-corrected chi connectivity index (χ1v) is 2.83. The Morgan fingerprint density at radius 1 is 1.38 bits per heavy atom. The minimum atomic E-state index is -0.622. The maximum Gasteiger partial charge on any atom is 0.0980 e. The number of rotatable bonds is 0. The Kier molecular flexibility index (Phi) is 1.65. The van der Waals surface area contributed by atoms with Crippen LogP contribution in [0.5, 0.6) is 0 Å². The molecule has 0 saturated carbocycles. The van der Waals surface area contributed by atoms with Crippen LogP contribution in [0.2, 0.25) is 0 Å². The maximum atomic E-state index is 8.88. The van der Waals surface area contributed by atoms with E-state index in [1.807, 2.05) is 6.08 Å². The number of hydrogen-bond donors (Lipinski definition) is 2. The van der Waals surface area contributed by atoms with Gasteiger partial charge in [0.05, 0.1) is 12.2 Å². The highest BCUT2D eigenvalue weighted by atomic mass is 16.3. The lowest BCUT2D eigenvalue weighted by Crippen LogP contribution is -2.25. The van der Waals surface area contributed by atoms with Gasteiger partial charge < -0.3 is 10.2 Å². The Hall–Kier alpha value is -0.340. The van der Waals surface area contributed by atoms with Crippen molar-refractivity contribution in [2.75, 3.05) is 0 Å². The first-order chi connectivity index (χ1) is 3.80. The average Bonchev–Trinajstić information content (AvgIpc) is 1.77. The molecular weight excluding hydrogens is 104 g/mol. The lowest BCUT2D eigenvalue weighted by Gasteiger charge is -2.16. The molecule has 1 rings (SSSR count). The summed E-state index contributed by atoms with van der Waals surface area (Å²) < 4.78 is 0. The Morgan fingerprint density at radius 3 is 2.50 bits per heavy atom. The van der Waals surface area contributed by atoms with Crippen molar-refractivity contribution >= 4 is 0 Å². The molecule has 0 bridgehead atoms. The summed E-state index contributed by atoms with van der Waals surface area (Å²) in [5.41, 5.74) is 0. The molecule has 2 atom stereocenters. The molecule has 8 heavy (non-hydrogen) atoms. The summed E-state index contributed by atoms with van der Waals surface area (Å²) in [5, 5.41) is 17.7. The van der Waals surface area contributed by atoms with E-state index in [9.17, 15) is 0 Å². The van der Waals surface area contributed by atoms with Gasteiger partial charge in [-0.15, -0.1) is 0 Å². The van der Waals surface area contributed by atoms with Crippen molar-refractivity contribution in [1.29, 1.82) is 0 Å². The fraction of sp³-hybridized carbons (Fsp3) is 0.667. The van der Waals surface area contributed by atoms with Gasteiger partial charge in [-0.1, -0.05) is 12.2 Å². The van der Waals surface area contributed by atoms with E-state index in [1.54, 1.807) is 6.08 Å². The molecule has 1 aliphatic carbocycles. The van der Waals surface area contributed by atoms with Crippen LogP contribution in [-0.2, 0) is 0 Å². The molecule has 0 aliphatic heterocycles. The average molecular weight is 114 g/mol. The standard InChI is InChI=1S/C6H10O2/c7-5-3-1-2-4-6(5)8/h1,3,5-8H,2,4H2/t5-,6?/m1/s1. The van der Waals surface area contributed by atoms with Crippen molar-refractivity contribution in [2.45, 2.75) is 25.0 Å². The third-order valence-corrected chi connectivity index (χ3v) is 1.36. The van der Waals surface area contributed by atoms with E-state index in [2.05, 4.69) is 0 Å². The van der Waals surface area contributed by atoms with Crippen LogP contribution >= 0.6 is 0 Å². The molecule has 0 aromatic heterocycles. The highest BCUT2D eigenvalue weighted by molar-refractivity contribution is 4.97. The number of aliphatic hydroxyl groups is 2. The molecule has 1 aliphatic rings. The summed E-state index contributed by atoms with van der Waals surface area (Å²) in [6.45, 7) is 0. The molecule has 2 heteroatoms. The molecule has 2 nitrogen and oxygen atoms in total. The number of aliphatic hydroxyl groups excluding tert-OH is 2. The van der Waals surface area contributed by atoms with Crippen molar-refractivity contribution in [1.82, 2.24) is 0 Å². The van der Waals surface area contributed by atoms with E-state index in [0.29, 0.717) is 6.42 Å². The fourth-order valence-electron chi connectivity index (χ4n) is 0.802. The van der Waals surface area contributed by atoms with Crippen LogP contribution in [0, 0.1) is 0 Å². The maximum absolute atomic E-state index is 8.88. The molecule has 0 saturated heterocycles. The van der Waals surface area contributed by atoms with Crippen LogP contribution in [-0.4, -0.2) is 22.4 Å². The minimum Gasteiger partial charge on any atom is -0.390 e. The Balaban J connectivity index is 2.47. The zero-order valence-corrected chi connectivity index (χ0v) is 4.62. The van der Waals surface area contributed by atoms with E-state index in [0.717, 1.165) is 6.42 Å². The lowest BCUT2D eigenvalue weighted by molar-refractivity contribution is 0.0389. The van der Waals surface area contributed by atoms with Crippen LogP contribution < -0.4 is 0 Å². The van der Waals surface area contributed by atoms with Gasteiger partial charge in [0.25, 0.3) is 0 Å². The van der Waals surface area contributed by atoms with Crippen molar-refractivity contribution in [2.24, 2.45) is 0 Å². The van der Waals surface area contributed by atoms with Gasteiger partial charge in [-0.3, -0.25) is 0 Å². The second kappa shape index (κ2) is 2.29. The van der Waals surface area contributed by atoms with Crippen LogP contribution in [0.3, 0.4) is 0 Å². The van der Waals surface area contributed by atoms with E-state index in [1.165, 1.54) is 0 Å². The molecule has 0 radical (unpaired) electrons. The van der Waals surface area contributed by atoms with E-state index < -0.39 is 12.2 Å².